The van der Waals surface area contributed by atoms with Crippen molar-refractivity contribution < 1.29 is 9.59 Å². The molecule has 9 heteroatoms. The quantitative estimate of drug-likeness (QED) is 0.570. The van der Waals surface area contributed by atoms with Crippen molar-refractivity contribution in [3.8, 4) is 0 Å². The number of H-pyrrole nitrogens is 1. The normalized spacial score (nSPS) is 13.5. The number of likely N-dealkylation sites (tertiary alicyclic amines) is 1. The Morgan fingerprint density at radius 1 is 1.15 bits per heavy atom. The first-order valence-corrected chi connectivity index (χ1v) is 11.7. The molecule has 9 nitrogen and oxygen atoms in total. The van der Waals surface area contributed by atoms with Crippen LogP contribution in [0.1, 0.15) is 68.3 Å². The predicted molar refractivity (Wildman–Crippen MR) is 128 cm³/mol. The van der Waals surface area contributed by atoms with Crippen LogP contribution in [0.2, 0.25) is 0 Å². The number of carbonyl (C=O) groups is 2. The minimum absolute atomic E-state index is 0.000436. The largest absolute Gasteiger partial charge is 0.383 e. The van der Waals surface area contributed by atoms with Gasteiger partial charge < -0.3 is 15.5 Å². The van der Waals surface area contributed by atoms with Crippen molar-refractivity contribution in [3.63, 3.8) is 0 Å². The summed E-state index contributed by atoms with van der Waals surface area (Å²) < 4.78 is 1.32. The third-order valence-corrected chi connectivity index (χ3v) is 5.92. The van der Waals surface area contributed by atoms with E-state index in [4.69, 9.17) is 5.73 Å². The number of anilines is 2. The van der Waals surface area contributed by atoms with Crippen LogP contribution in [0.5, 0.6) is 0 Å². The van der Waals surface area contributed by atoms with Crippen molar-refractivity contribution in [1.29, 1.82) is 0 Å². The maximum absolute atomic E-state index is 13.6. The molecule has 1 aliphatic heterocycles. The third kappa shape index (κ3) is 5.53. The molecule has 2 amide bonds. The van der Waals surface area contributed by atoms with Crippen molar-refractivity contribution in [2.45, 2.75) is 65.5 Å². The van der Waals surface area contributed by atoms with E-state index in [0.717, 1.165) is 31.2 Å². The topological polar surface area (TPSA) is 121 Å². The van der Waals surface area contributed by atoms with E-state index in [1.165, 1.54) is 9.47 Å². The van der Waals surface area contributed by atoms with Gasteiger partial charge in [-0.05, 0) is 37.0 Å². The summed E-state index contributed by atoms with van der Waals surface area (Å²) in [7, 11) is 0. The number of nitrogens with zero attached hydrogens (tertiary/aromatic N) is 3. The first-order valence-electron chi connectivity index (χ1n) is 11.7. The van der Waals surface area contributed by atoms with Crippen LogP contribution in [-0.4, -0.2) is 39.4 Å². The molecule has 0 spiro atoms. The van der Waals surface area contributed by atoms with Crippen molar-refractivity contribution in [3.05, 3.63) is 56.2 Å². The number of nitrogens with two attached hydrogens (primary N) is 1. The maximum Gasteiger partial charge on any atom is 0.330 e. The van der Waals surface area contributed by atoms with Gasteiger partial charge in [0.1, 0.15) is 5.82 Å². The molecular weight excluding hydrogens is 422 g/mol. The van der Waals surface area contributed by atoms with Crippen LogP contribution in [0, 0.1) is 0 Å². The molecule has 2 heterocycles. The number of aromatic amines is 1. The Labute approximate surface area is 193 Å². The van der Waals surface area contributed by atoms with Crippen molar-refractivity contribution in [2.24, 2.45) is 0 Å². The number of hydrogen-bond acceptors (Lipinski definition) is 5. The Morgan fingerprint density at radius 3 is 2.58 bits per heavy atom. The molecule has 1 aromatic carbocycles. The van der Waals surface area contributed by atoms with Gasteiger partial charge in [-0.2, -0.15) is 0 Å². The number of aromatic nitrogens is 2. The lowest BCUT2D eigenvalue weighted by Crippen LogP contribution is -2.41. The van der Waals surface area contributed by atoms with Crippen molar-refractivity contribution >= 4 is 23.3 Å². The second-order valence-electron chi connectivity index (χ2n) is 8.43. The van der Waals surface area contributed by atoms with Crippen LogP contribution >= 0.6 is 0 Å². The minimum Gasteiger partial charge on any atom is -0.383 e. The molecule has 0 saturated carbocycles. The van der Waals surface area contributed by atoms with Gasteiger partial charge in [0, 0.05) is 38.2 Å². The zero-order valence-electron chi connectivity index (χ0n) is 19.4. The maximum atomic E-state index is 13.6. The molecule has 2 aromatic rings. The zero-order valence-corrected chi connectivity index (χ0v) is 19.4. The van der Waals surface area contributed by atoms with Crippen LogP contribution in [0.4, 0.5) is 11.5 Å². The summed E-state index contributed by atoms with van der Waals surface area (Å²) in [6, 6.07) is 7.10. The summed E-state index contributed by atoms with van der Waals surface area (Å²) >= 11 is 0. The monoisotopic (exact) mass is 455 g/mol. The lowest BCUT2D eigenvalue weighted by molar-refractivity contribution is -0.128. The number of unbranched alkanes of at least 4 members (excludes halogenated alkanes) is 2. The van der Waals surface area contributed by atoms with Gasteiger partial charge in [0.2, 0.25) is 5.91 Å². The smallest absolute Gasteiger partial charge is 0.330 e. The number of amides is 2. The number of benzene rings is 1. The van der Waals surface area contributed by atoms with Gasteiger partial charge in [-0.15, -0.1) is 0 Å². The molecule has 1 aromatic heterocycles. The number of nitrogen functional groups attached to an aromatic ring is 1. The van der Waals surface area contributed by atoms with Crippen molar-refractivity contribution in [2.75, 3.05) is 23.7 Å². The molecule has 1 fully saturated rings. The number of hydrogen-bond donors (Lipinski definition) is 2. The van der Waals surface area contributed by atoms with Gasteiger partial charge >= 0.3 is 5.69 Å². The Morgan fingerprint density at radius 2 is 1.91 bits per heavy atom. The molecular formula is C24H33N5O4. The van der Waals surface area contributed by atoms with Gasteiger partial charge in [-0.3, -0.25) is 23.9 Å². The summed E-state index contributed by atoms with van der Waals surface area (Å²) in [6.45, 7) is 5.80. The summed E-state index contributed by atoms with van der Waals surface area (Å²) in [6.07, 6.45) is 4.45. The van der Waals surface area contributed by atoms with E-state index >= 15 is 0 Å². The highest BCUT2D eigenvalue weighted by Gasteiger charge is 2.26. The SMILES string of the molecule is CCCCN(C(=O)c1cccc(CN2CCCC2=O)c1)c1c(N)n(CCCC)c(=O)[nH]c1=O. The summed E-state index contributed by atoms with van der Waals surface area (Å²) in [5, 5.41) is 0. The second-order valence-corrected chi connectivity index (χ2v) is 8.43. The summed E-state index contributed by atoms with van der Waals surface area (Å²) in [5.41, 5.74) is 6.28. The molecule has 0 atom stereocenters. The zero-order chi connectivity index (χ0) is 24.0. The first kappa shape index (κ1) is 24.3. The Hall–Kier alpha value is -3.36. The lowest BCUT2D eigenvalue weighted by atomic mass is 10.1. The summed E-state index contributed by atoms with van der Waals surface area (Å²) in [5.74, 6) is -0.249. The highest BCUT2D eigenvalue weighted by Crippen LogP contribution is 2.22. The fourth-order valence-electron chi connectivity index (χ4n) is 4.06. The fraction of sp³-hybridized carbons (Fsp3) is 0.500. The van der Waals surface area contributed by atoms with Crippen LogP contribution in [0.15, 0.2) is 33.9 Å². The second kappa shape index (κ2) is 11.0. The van der Waals surface area contributed by atoms with E-state index in [1.807, 2.05) is 19.9 Å². The van der Waals surface area contributed by atoms with Crippen molar-refractivity contribution in [1.82, 2.24) is 14.5 Å². The highest BCUT2D eigenvalue weighted by molar-refractivity contribution is 6.07. The average Bonchev–Trinajstić information content (AvgIpc) is 3.19. The predicted octanol–water partition coefficient (Wildman–Crippen LogP) is 2.49. The van der Waals surface area contributed by atoms with E-state index in [-0.39, 0.29) is 23.3 Å². The van der Waals surface area contributed by atoms with Gasteiger partial charge in [0.25, 0.3) is 11.5 Å². The van der Waals surface area contributed by atoms with E-state index < -0.39 is 11.2 Å². The molecule has 3 rings (SSSR count). The van der Waals surface area contributed by atoms with Crippen LogP contribution in [-0.2, 0) is 17.9 Å². The fourth-order valence-corrected chi connectivity index (χ4v) is 4.06. The van der Waals surface area contributed by atoms with Gasteiger partial charge in [-0.1, -0.05) is 38.8 Å². The Balaban J connectivity index is 1.98. The first-order chi connectivity index (χ1) is 15.9. The Bertz CT molecular complexity index is 1120. The van der Waals surface area contributed by atoms with Gasteiger partial charge in [0.15, 0.2) is 5.69 Å². The van der Waals surface area contributed by atoms with Crippen LogP contribution in [0.25, 0.3) is 0 Å². The molecule has 3 N–H and O–H groups in total. The molecule has 1 saturated heterocycles. The Kier molecular flexibility index (Phi) is 8.08. The van der Waals surface area contributed by atoms with E-state index in [0.29, 0.717) is 44.6 Å². The molecule has 33 heavy (non-hydrogen) atoms. The molecule has 0 bridgehead atoms. The molecule has 0 unspecified atom stereocenters. The highest BCUT2D eigenvalue weighted by atomic mass is 16.2. The van der Waals surface area contributed by atoms with E-state index in [9.17, 15) is 19.2 Å². The number of rotatable bonds is 10. The third-order valence-electron chi connectivity index (χ3n) is 5.92. The molecule has 0 aliphatic carbocycles. The average molecular weight is 456 g/mol. The number of nitrogens with one attached hydrogen (secondary N) is 1. The van der Waals surface area contributed by atoms with Crippen LogP contribution < -0.4 is 21.9 Å². The van der Waals surface area contributed by atoms with Gasteiger partial charge in [-0.25, -0.2) is 4.79 Å². The van der Waals surface area contributed by atoms with Gasteiger partial charge in [0.05, 0.1) is 0 Å². The number of carbonyl (C=O) groups excluding carboxylic acids is 2. The summed E-state index contributed by atoms with van der Waals surface area (Å²) in [4.78, 5) is 56.1. The standard InChI is InChI=1S/C24H33N5O4/c1-3-5-13-28(20-21(25)29(14-6-4-2)24(33)26-22(20)31)23(32)18-10-7-9-17(15-18)16-27-12-8-11-19(27)30/h7,9-10,15H,3-6,8,11-14,16,25H2,1-2H3,(H,26,31,33). The lowest BCUT2D eigenvalue weighted by Gasteiger charge is -2.25. The minimum atomic E-state index is -0.673. The van der Waals surface area contributed by atoms with E-state index in [2.05, 4.69) is 4.98 Å². The molecule has 1 aliphatic rings. The van der Waals surface area contributed by atoms with E-state index in [1.54, 1.807) is 23.1 Å². The van der Waals surface area contributed by atoms with Crippen LogP contribution in [0.3, 0.4) is 0 Å². The molecule has 178 valence electrons. The molecule has 0 radical (unpaired) electrons.